The fourth-order valence-electron chi connectivity index (χ4n) is 3.80. The summed E-state index contributed by atoms with van der Waals surface area (Å²) < 4.78 is 13.6. The zero-order valence-corrected chi connectivity index (χ0v) is 13.0. The molecule has 0 radical (unpaired) electrons. The highest BCUT2D eigenvalue weighted by atomic mass is 19.1. The van der Waals surface area contributed by atoms with E-state index in [9.17, 15) is 4.39 Å². The van der Waals surface area contributed by atoms with Crippen LogP contribution in [0.1, 0.15) is 31.2 Å². The molecule has 0 amide bonds. The number of nitrogens with zero attached hydrogens (tertiary/aromatic N) is 1. The van der Waals surface area contributed by atoms with Crippen LogP contribution in [0.25, 0.3) is 10.8 Å². The van der Waals surface area contributed by atoms with Crippen molar-refractivity contribution in [3.8, 4) is 0 Å². The SMILES string of the molecule is CN(C)CC1(c2ccc3ccccc3c2)CCC(F)CC1. The third-order valence-corrected chi connectivity index (χ3v) is 4.85. The molecule has 0 N–H and O–H groups in total. The standard InChI is InChI=1S/C19H24FN/c1-21(2)14-19(11-9-18(20)10-12-19)17-8-7-15-5-3-4-6-16(15)13-17/h3-8,13,18H,9-12,14H2,1-2H3. The Morgan fingerprint density at radius 2 is 1.71 bits per heavy atom. The minimum atomic E-state index is -0.610. The number of rotatable bonds is 3. The fourth-order valence-corrected chi connectivity index (χ4v) is 3.80. The summed E-state index contributed by atoms with van der Waals surface area (Å²) in [7, 11) is 4.23. The number of hydrogen-bond donors (Lipinski definition) is 0. The first kappa shape index (κ1) is 14.5. The van der Waals surface area contributed by atoms with Gasteiger partial charge in [-0.2, -0.15) is 0 Å². The van der Waals surface area contributed by atoms with Gasteiger partial charge in [0.15, 0.2) is 0 Å². The maximum absolute atomic E-state index is 13.6. The molecule has 0 aliphatic heterocycles. The molecule has 1 aliphatic carbocycles. The van der Waals surface area contributed by atoms with Crippen LogP contribution in [-0.4, -0.2) is 31.7 Å². The highest BCUT2D eigenvalue weighted by molar-refractivity contribution is 5.83. The quantitative estimate of drug-likeness (QED) is 0.799. The Bertz CT molecular complexity index is 612. The van der Waals surface area contributed by atoms with Crippen molar-refractivity contribution in [2.75, 3.05) is 20.6 Å². The van der Waals surface area contributed by atoms with Gasteiger partial charge in [0.1, 0.15) is 6.17 Å². The van der Waals surface area contributed by atoms with Crippen LogP contribution in [0.15, 0.2) is 42.5 Å². The minimum Gasteiger partial charge on any atom is -0.309 e. The van der Waals surface area contributed by atoms with Gasteiger partial charge in [0, 0.05) is 12.0 Å². The molecule has 0 atom stereocenters. The highest BCUT2D eigenvalue weighted by Crippen LogP contribution is 2.41. The van der Waals surface area contributed by atoms with Crippen molar-refractivity contribution in [3.63, 3.8) is 0 Å². The molecule has 1 aliphatic rings. The maximum atomic E-state index is 13.6. The van der Waals surface area contributed by atoms with E-state index in [2.05, 4.69) is 61.5 Å². The van der Waals surface area contributed by atoms with Crippen molar-refractivity contribution >= 4 is 10.8 Å². The van der Waals surface area contributed by atoms with Crippen molar-refractivity contribution in [1.82, 2.24) is 4.90 Å². The molecule has 1 saturated carbocycles. The van der Waals surface area contributed by atoms with E-state index in [1.54, 1.807) is 0 Å². The number of benzene rings is 2. The summed E-state index contributed by atoms with van der Waals surface area (Å²) >= 11 is 0. The van der Waals surface area contributed by atoms with Crippen LogP contribution in [0.3, 0.4) is 0 Å². The van der Waals surface area contributed by atoms with Gasteiger partial charge >= 0.3 is 0 Å². The lowest BCUT2D eigenvalue weighted by atomic mass is 9.68. The molecule has 112 valence electrons. The van der Waals surface area contributed by atoms with Gasteiger partial charge in [-0.05, 0) is 56.1 Å². The second kappa shape index (κ2) is 5.76. The molecule has 0 heterocycles. The van der Waals surface area contributed by atoms with Crippen LogP contribution < -0.4 is 0 Å². The predicted octanol–water partition coefficient (Wildman–Crippen LogP) is 4.55. The molecule has 0 unspecified atom stereocenters. The van der Waals surface area contributed by atoms with Crippen molar-refractivity contribution in [1.29, 1.82) is 0 Å². The largest absolute Gasteiger partial charge is 0.309 e. The normalized spacial score (nSPS) is 26.4. The van der Waals surface area contributed by atoms with Crippen molar-refractivity contribution < 1.29 is 4.39 Å². The first-order valence-electron chi connectivity index (χ1n) is 7.87. The van der Waals surface area contributed by atoms with Crippen LogP contribution in [0.5, 0.6) is 0 Å². The number of likely N-dealkylation sites (N-methyl/N-ethyl adjacent to an activating group) is 1. The molecule has 3 rings (SSSR count). The van der Waals surface area contributed by atoms with Crippen LogP contribution in [0.2, 0.25) is 0 Å². The lowest BCUT2D eigenvalue weighted by molar-refractivity contribution is 0.151. The lowest BCUT2D eigenvalue weighted by Crippen LogP contribution is -2.41. The monoisotopic (exact) mass is 285 g/mol. The summed E-state index contributed by atoms with van der Waals surface area (Å²) in [6, 6.07) is 15.3. The highest BCUT2D eigenvalue weighted by Gasteiger charge is 2.37. The zero-order chi connectivity index (χ0) is 14.9. The molecule has 2 heteroatoms. The van der Waals surface area contributed by atoms with Crippen LogP contribution in [0, 0.1) is 0 Å². The Balaban J connectivity index is 2.01. The molecule has 2 aromatic carbocycles. The zero-order valence-electron chi connectivity index (χ0n) is 13.0. The summed E-state index contributed by atoms with van der Waals surface area (Å²) in [6.45, 7) is 0.998. The number of alkyl halides is 1. The minimum absolute atomic E-state index is 0.107. The third kappa shape index (κ3) is 2.96. The molecule has 2 aromatic rings. The number of fused-ring (bicyclic) bond motifs is 1. The van der Waals surface area contributed by atoms with Gasteiger partial charge in [0.25, 0.3) is 0 Å². The van der Waals surface area contributed by atoms with Crippen molar-refractivity contribution in [2.24, 2.45) is 0 Å². The van der Waals surface area contributed by atoms with Gasteiger partial charge < -0.3 is 4.90 Å². The van der Waals surface area contributed by atoms with Gasteiger partial charge in [-0.3, -0.25) is 0 Å². The van der Waals surface area contributed by atoms with Gasteiger partial charge in [-0.1, -0.05) is 42.5 Å². The van der Waals surface area contributed by atoms with Gasteiger partial charge in [-0.25, -0.2) is 4.39 Å². The van der Waals surface area contributed by atoms with E-state index in [4.69, 9.17) is 0 Å². The molecular weight excluding hydrogens is 261 g/mol. The first-order chi connectivity index (χ1) is 10.1. The third-order valence-electron chi connectivity index (χ3n) is 4.85. The fraction of sp³-hybridized carbons (Fsp3) is 0.474. The Morgan fingerprint density at radius 3 is 2.38 bits per heavy atom. The van der Waals surface area contributed by atoms with Crippen LogP contribution in [-0.2, 0) is 5.41 Å². The molecule has 0 spiro atoms. The Labute approximate surface area is 126 Å². The smallest absolute Gasteiger partial charge is 0.100 e. The summed E-state index contributed by atoms with van der Waals surface area (Å²) in [5.41, 5.74) is 1.48. The van der Waals surface area contributed by atoms with Gasteiger partial charge in [0.05, 0.1) is 0 Å². The van der Waals surface area contributed by atoms with E-state index in [0.717, 1.165) is 19.4 Å². The molecule has 0 aromatic heterocycles. The van der Waals surface area contributed by atoms with Crippen LogP contribution >= 0.6 is 0 Å². The average Bonchev–Trinajstić information content (AvgIpc) is 2.49. The summed E-state index contributed by atoms with van der Waals surface area (Å²) in [5.74, 6) is 0. The molecule has 1 nitrogen and oxygen atoms in total. The Kier molecular flexibility index (Phi) is 3.99. The van der Waals surface area contributed by atoms with Gasteiger partial charge in [0.2, 0.25) is 0 Å². The second-order valence-electron chi connectivity index (χ2n) is 6.75. The van der Waals surface area contributed by atoms with E-state index >= 15 is 0 Å². The average molecular weight is 285 g/mol. The van der Waals surface area contributed by atoms with E-state index < -0.39 is 6.17 Å². The van der Waals surface area contributed by atoms with Crippen LogP contribution in [0.4, 0.5) is 4.39 Å². The van der Waals surface area contributed by atoms with E-state index in [1.807, 2.05) is 0 Å². The summed E-state index contributed by atoms with van der Waals surface area (Å²) in [5, 5.41) is 2.57. The molecule has 21 heavy (non-hydrogen) atoms. The molecule has 1 fully saturated rings. The first-order valence-corrected chi connectivity index (χ1v) is 7.87. The van der Waals surface area contributed by atoms with E-state index in [1.165, 1.54) is 16.3 Å². The van der Waals surface area contributed by atoms with Crippen molar-refractivity contribution in [3.05, 3.63) is 48.0 Å². The Morgan fingerprint density at radius 1 is 1.05 bits per heavy atom. The topological polar surface area (TPSA) is 3.24 Å². The lowest BCUT2D eigenvalue weighted by Gasteiger charge is -2.41. The predicted molar refractivity (Wildman–Crippen MR) is 87.5 cm³/mol. The second-order valence-corrected chi connectivity index (χ2v) is 6.75. The molecular formula is C19H24FN. The Hall–Kier alpha value is -1.41. The molecule has 0 bridgehead atoms. The van der Waals surface area contributed by atoms with Gasteiger partial charge in [-0.15, -0.1) is 0 Å². The maximum Gasteiger partial charge on any atom is 0.100 e. The number of halogens is 1. The summed E-state index contributed by atoms with van der Waals surface area (Å²) in [4.78, 5) is 2.24. The van der Waals surface area contributed by atoms with E-state index in [0.29, 0.717) is 12.8 Å². The summed E-state index contributed by atoms with van der Waals surface area (Å²) in [6.07, 6.45) is 2.68. The molecule has 0 saturated heterocycles. The van der Waals surface area contributed by atoms with E-state index in [-0.39, 0.29) is 5.41 Å². The number of hydrogen-bond acceptors (Lipinski definition) is 1. The van der Waals surface area contributed by atoms with Crippen molar-refractivity contribution in [2.45, 2.75) is 37.3 Å².